The van der Waals surface area contributed by atoms with Crippen LogP contribution in [0.4, 0.5) is 0 Å². The van der Waals surface area contributed by atoms with Gasteiger partial charge in [0.2, 0.25) is 0 Å². The molecule has 0 aliphatic heterocycles. The molecular weight excluding hydrogens is 253 g/mol. The van der Waals surface area contributed by atoms with E-state index in [0.29, 0.717) is 0 Å². The molecule has 0 atom stereocenters. The minimum atomic E-state index is 0. The van der Waals surface area contributed by atoms with Gasteiger partial charge in [-0.2, -0.15) is 0 Å². The first-order valence-corrected chi connectivity index (χ1v) is 5.37. The van der Waals surface area contributed by atoms with E-state index in [4.69, 9.17) is 4.78 Å². The molecule has 0 aliphatic rings. The molecule has 0 N–H and O–H groups in total. The van der Waals surface area contributed by atoms with Crippen molar-refractivity contribution in [3.8, 4) is 0 Å². The van der Waals surface area contributed by atoms with E-state index < -0.39 is 0 Å². The average Bonchev–Trinajstić information content (AvgIpc) is 2.34. The predicted octanol–water partition coefficient (Wildman–Crippen LogP) is 1.28. The number of hydrogen-bond acceptors (Lipinski definition) is 1. The van der Waals surface area contributed by atoms with Crippen molar-refractivity contribution >= 4 is 12.4 Å². The van der Waals surface area contributed by atoms with Crippen molar-refractivity contribution in [3.63, 3.8) is 0 Å². The Morgan fingerprint density at radius 2 is 0.882 bits per heavy atom. The molecule has 2 rings (SSSR count). The van der Waals surface area contributed by atoms with E-state index in [0.717, 1.165) is 0 Å². The third-order valence-corrected chi connectivity index (χ3v) is 1.88. The summed E-state index contributed by atoms with van der Waals surface area (Å²) in [6.45, 7) is 4.17. The maximum atomic E-state index is 6.58. The molecule has 0 spiro atoms. The molecule has 2 aromatic carbocycles. The van der Waals surface area contributed by atoms with Crippen LogP contribution in [0.15, 0.2) is 60.7 Å². The van der Waals surface area contributed by atoms with Crippen LogP contribution in [0.2, 0.25) is 0 Å². The Morgan fingerprint density at radius 1 is 0.647 bits per heavy atom. The number of rotatable bonds is 0. The van der Waals surface area contributed by atoms with Crippen LogP contribution >= 0.6 is 0 Å². The van der Waals surface area contributed by atoms with Crippen molar-refractivity contribution in [1.29, 1.82) is 0 Å². The van der Waals surface area contributed by atoms with Crippen molar-refractivity contribution in [2.24, 2.45) is 0 Å². The van der Waals surface area contributed by atoms with E-state index in [9.17, 15) is 0 Å². The van der Waals surface area contributed by atoms with Crippen LogP contribution in [0.3, 0.4) is 0 Å². The van der Waals surface area contributed by atoms with Crippen LogP contribution in [0.25, 0.3) is 4.78 Å². The fraction of sp³-hybridized carbons (Fsp3) is 0.143. The minimum Gasteiger partial charge on any atom is -0.742 e. The van der Waals surface area contributed by atoms with Crippen LogP contribution in [-0.2, 0) is 12.4 Å². The molecule has 17 heavy (non-hydrogen) atoms. The Labute approximate surface area is 152 Å². The number of hydrogen-bond donors (Lipinski definition) is 0. The molecule has 3 heteroatoms. The fourth-order valence-corrected chi connectivity index (χ4v) is 1.07. The molecule has 0 unspecified atom stereocenters. The molecule has 0 saturated heterocycles. The van der Waals surface area contributed by atoms with E-state index in [1.807, 2.05) is 36.4 Å². The second-order valence-corrected chi connectivity index (χ2v) is 3.31. The minimum absolute atomic E-state index is 0. The first-order chi connectivity index (χ1) is 7.79. The van der Waals surface area contributed by atoms with E-state index in [1.165, 1.54) is 11.1 Å². The summed E-state index contributed by atoms with van der Waals surface area (Å²) >= 11 is 3.08. The second kappa shape index (κ2) is 14.2. The maximum Gasteiger partial charge on any atom is 1.00 e. The van der Waals surface area contributed by atoms with Crippen molar-refractivity contribution in [2.75, 3.05) is 0 Å². The molecule has 2 aromatic rings. The average molecular weight is 269 g/mol. The van der Waals surface area contributed by atoms with Crippen LogP contribution in [0.5, 0.6) is 0 Å². The summed E-state index contributed by atoms with van der Waals surface area (Å²) < 4.78 is 6.58. The molecule has 1 nitrogen and oxygen atoms in total. The first-order valence-electron chi connectivity index (χ1n) is 5.00. The number of aryl methyl sites for hydroxylation is 2. The van der Waals surface area contributed by atoms with Gasteiger partial charge in [-0.05, 0) is 13.8 Å². The summed E-state index contributed by atoms with van der Waals surface area (Å²) in [6.07, 6.45) is 0. The first kappa shape index (κ1) is 19.4. The largest absolute Gasteiger partial charge is 1.00 e. The molecule has 0 aromatic heterocycles. The summed E-state index contributed by atoms with van der Waals surface area (Å²) in [5, 5.41) is 0. The van der Waals surface area contributed by atoms with Crippen LogP contribution in [0.1, 0.15) is 11.1 Å². The van der Waals surface area contributed by atoms with Crippen LogP contribution in [0, 0.1) is 13.8 Å². The van der Waals surface area contributed by atoms with Gasteiger partial charge in [0.1, 0.15) is 0 Å². The maximum absolute atomic E-state index is 6.58. The third kappa shape index (κ3) is 12.3. The second-order valence-electron chi connectivity index (χ2n) is 3.31. The van der Waals surface area contributed by atoms with Gasteiger partial charge in [0.15, 0.2) is 0 Å². The smallest absolute Gasteiger partial charge is 0.742 e. The van der Waals surface area contributed by atoms with Crippen molar-refractivity contribution in [1.82, 2.24) is 0 Å². The van der Waals surface area contributed by atoms with Gasteiger partial charge in [0, 0.05) is 0 Å². The van der Waals surface area contributed by atoms with Gasteiger partial charge in [-0.1, -0.05) is 71.8 Å². The van der Waals surface area contributed by atoms with Gasteiger partial charge < -0.3 is 4.78 Å². The van der Waals surface area contributed by atoms with Crippen molar-refractivity contribution in [2.45, 2.75) is 13.8 Å². The normalized spacial score (nSPS) is 7.41. The van der Waals surface area contributed by atoms with Crippen LogP contribution < -0.4 is 51.4 Å². The van der Waals surface area contributed by atoms with Gasteiger partial charge in [-0.15, -0.1) is 0 Å². The molecular formula is C14H16KNS. The summed E-state index contributed by atoms with van der Waals surface area (Å²) in [6, 6.07) is 20.5. The molecule has 0 radical (unpaired) electrons. The summed E-state index contributed by atoms with van der Waals surface area (Å²) in [5.41, 5.74) is 2.64. The number of benzene rings is 2. The van der Waals surface area contributed by atoms with E-state index in [2.05, 4.69) is 50.5 Å². The van der Waals surface area contributed by atoms with E-state index >= 15 is 0 Å². The summed E-state index contributed by atoms with van der Waals surface area (Å²) in [7, 11) is 0. The Kier molecular flexibility index (Phi) is 16.2. The SMILES string of the molecule is Cc1ccccc1.Cc1ccccc1.[K+].[N-]=S. The van der Waals surface area contributed by atoms with Gasteiger partial charge in [0.25, 0.3) is 0 Å². The molecule has 0 heterocycles. The summed E-state index contributed by atoms with van der Waals surface area (Å²) in [5.74, 6) is 0. The topological polar surface area (TPSA) is 22.3 Å². The van der Waals surface area contributed by atoms with Gasteiger partial charge >= 0.3 is 51.4 Å². The monoisotopic (exact) mass is 269 g/mol. The molecule has 0 saturated carbocycles. The zero-order valence-corrected chi connectivity index (χ0v) is 14.6. The van der Waals surface area contributed by atoms with E-state index in [1.54, 1.807) is 0 Å². The van der Waals surface area contributed by atoms with E-state index in [-0.39, 0.29) is 51.4 Å². The Bertz CT molecular complexity index is 327. The van der Waals surface area contributed by atoms with Gasteiger partial charge in [-0.3, -0.25) is 12.4 Å². The Hall–Kier alpha value is 0.0964. The van der Waals surface area contributed by atoms with Crippen molar-refractivity contribution in [3.05, 3.63) is 76.6 Å². The zero-order chi connectivity index (χ0) is 12.2. The fourth-order valence-electron chi connectivity index (χ4n) is 1.07. The third-order valence-electron chi connectivity index (χ3n) is 1.88. The zero-order valence-electron chi connectivity index (χ0n) is 10.6. The Morgan fingerprint density at radius 3 is 1.00 bits per heavy atom. The molecule has 84 valence electrons. The standard InChI is InChI=1S/2C7H8.K.NS/c2*1-7-5-3-2-4-6-7;;1-2/h2*2-6H,1H3;;/q;;+1;-1. The summed E-state index contributed by atoms with van der Waals surface area (Å²) in [4.78, 5) is 0. The van der Waals surface area contributed by atoms with Gasteiger partial charge in [0.05, 0.1) is 0 Å². The van der Waals surface area contributed by atoms with Crippen LogP contribution in [-0.4, -0.2) is 0 Å². The Balaban J connectivity index is 0. The molecule has 0 fully saturated rings. The predicted molar refractivity (Wildman–Crippen MR) is 73.1 cm³/mol. The molecule has 0 bridgehead atoms. The molecule has 0 amide bonds. The number of nitrogens with zero attached hydrogens (tertiary/aromatic N) is 1. The quantitative estimate of drug-likeness (QED) is 0.661. The van der Waals surface area contributed by atoms with Gasteiger partial charge in [-0.25, -0.2) is 0 Å². The molecule has 0 aliphatic carbocycles. The van der Waals surface area contributed by atoms with Crippen molar-refractivity contribution < 1.29 is 51.4 Å².